The second kappa shape index (κ2) is 4.88. The van der Waals surface area contributed by atoms with E-state index in [4.69, 9.17) is 16.3 Å². The van der Waals surface area contributed by atoms with E-state index in [9.17, 15) is 9.18 Å². The summed E-state index contributed by atoms with van der Waals surface area (Å²) in [5.41, 5.74) is 0.248. The molecule has 0 amide bonds. The van der Waals surface area contributed by atoms with Gasteiger partial charge in [-0.3, -0.25) is 0 Å². The third kappa shape index (κ3) is 2.62. The van der Waals surface area contributed by atoms with Gasteiger partial charge in [0.2, 0.25) is 0 Å². The summed E-state index contributed by atoms with van der Waals surface area (Å²) >= 11 is 7.25. The monoisotopic (exact) mass is 328 g/mol. The van der Waals surface area contributed by atoms with Gasteiger partial charge in [-0.1, -0.05) is 11.6 Å². The molecule has 0 saturated heterocycles. The van der Waals surface area contributed by atoms with Gasteiger partial charge in [-0.15, -0.1) is 0 Å². The highest BCUT2D eigenvalue weighted by Gasteiger charge is 2.40. The van der Waals surface area contributed by atoms with Crippen LogP contribution in [0.1, 0.15) is 20.8 Å². The van der Waals surface area contributed by atoms with Crippen molar-refractivity contribution in [1.82, 2.24) is 0 Å². The first-order valence-corrected chi connectivity index (χ1v) is 7.70. The van der Waals surface area contributed by atoms with Gasteiger partial charge >= 0.3 is 5.97 Å². The number of aliphatic imine (C=N–C) groups is 1. The Balaban J connectivity index is 1.82. The van der Waals surface area contributed by atoms with Crippen molar-refractivity contribution in [2.75, 3.05) is 11.4 Å². The molecule has 1 unspecified atom stereocenters. The fourth-order valence-corrected chi connectivity index (χ4v) is 3.59. The molecule has 0 radical (unpaired) electrons. The van der Waals surface area contributed by atoms with Crippen LogP contribution in [0, 0.1) is 5.82 Å². The molecule has 2 heterocycles. The number of carbonyl (C=O) groups excluding carboxylic acids is 1. The first kappa shape index (κ1) is 14.7. The predicted octanol–water partition coefficient (Wildman–Crippen LogP) is 3.47. The number of nitrogens with zero attached hydrogens (tertiary/aromatic N) is 2. The van der Waals surface area contributed by atoms with Gasteiger partial charge in [0, 0.05) is 0 Å². The highest BCUT2D eigenvalue weighted by Crippen LogP contribution is 2.47. The van der Waals surface area contributed by atoms with Crippen LogP contribution in [0.3, 0.4) is 0 Å². The van der Waals surface area contributed by atoms with Gasteiger partial charge in [-0.25, -0.2) is 14.2 Å². The minimum Gasteiger partial charge on any atom is -0.458 e. The molecule has 7 heteroatoms. The van der Waals surface area contributed by atoms with Gasteiger partial charge < -0.3 is 9.64 Å². The van der Waals surface area contributed by atoms with Crippen molar-refractivity contribution in [1.29, 1.82) is 0 Å². The van der Waals surface area contributed by atoms with Crippen LogP contribution < -0.4 is 4.90 Å². The van der Waals surface area contributed by atoms with Crippen LogP contribution in [0.15, 0.2) is 22.0 Å². The number of halogens is 2. The van der Waals surface area contributed by atoms with Crippen molar-refractivity contribution in [2.24, 2.45) is 4.99 Å². The second-order valence-electron chi connectivity index (χ2n) is 5.88. The lowest BCUT2D eigenvalue weighted by molar-refractivity contribution is -0.155. The topological polar surface area (TPSA) is 41.9 Å². The summed E-state index contributed by atoms with van der Waals surface area (Å²) in [6, 6.07) is 2.43. The summed E-state index contributed by atoms with van der Waals surface area (Å²) in [6.45, 7) is 5.86. The summed E-state index contributed by atoms with van der Waals surface area (Å²) in [6.07, 6.45) is 0. The Morgan fingerprint density at radius 2 is 2.24 bits per heavy atom. The van der Waals surface area contributed by atoms with E-state index >= 15 is 0 Å². The Hall–Kier alpha value is -1.27. The maximum Gasteiger partial charge on any atom is 0.333 e. The van der Waals surface area contributed by atoms with E-state index in [-0.39, 0.29) is 11.0 Å². The number of thioether (sulfide) groups is 1. The first-order chi connectivity index (χ1) is 9.76. The Labute approximate surface area is 131 Å². The summed E-state index contributed by atoms with van der Waals surface area (Å²) in [5.74, 6) is -0.798. The van der Waals surface area contributed by atoms with E-state index in [1.165, 1.54) is 17.8 Å². The number of rotatable bonds is 1. The minimum atomic E-state index is -0.552. The summed E-state index contributed by atoms with van der Waals surface area (Å²) in [7, 11) is 0. The predicted molar refractivity (Wildman–Crippen MR) is 81.7 cm³/mol. The fourth-order valence-electron chi connectivity index (χ4n) is 2.20. The van der Waals surface area contributed by atoms with Gasteiger partial charge in [-0.05, 0) is 44.7 Å². The highest BCUT2D eigenvalue weighted by molar-refractivity contribution is 8.15. The van der Waals surface area contributed by atoms with Crippen LogP contribution in [-0.4, -0.2) is 29.3 Å². The van der Waals surface area contributed by atoms with Crippen molar-refractivity contribution < 1.29 is 13.9 Å². The number of esters is 1. The van der Waals surface area contributed by atoms with Crippen molar-refractivity contribution in [3.8, 4) is 0 Å². The summed E-state index contributed by atoms with van der Waals surface area (Å²) in [4.78, 5) is 19.0. The third-order valence-corrected chi connectivity index (χ3v) is 4.65. The van der Waals surface area contributed by atoms with Crippen molar-refractivity contribution in [3.63, 3.8) is 0 Å². The van der Waals surface area contributed by atoms with Gasteiger partial charge in [0.05, 0.1) is 22.2 Å². The van der Waals surface area contributed by atoms with E-state index in [0.717, 1.165) is 5.69 Å². The molecule has 0 saturated carbocycles. The Morgan fingerprint density at radius 3 is 2.90 bits per heavy atom. The van der Waals surface area contributed by atoms with Gasteiger partial charge in [0.15, 0.2) is 11.2 Å². The SMILES string of the molecule is CC(C)(C)OC(=O)C1CN2C(=N1)Sc1c2ccc(F)c1Cl. The zero-order chi connectivity index (χ0) is 15.4. The number of anilines is 1. The lowest BCUT2D eigenvalue weighted by Gasteiger charge is -2.21. The van der Waals surface area contributed by atoms with Gasteiger partial charge in [0.1, 0.15) is 11.4 Å². The normalized spacial score (nSPS) is 20.1. The fraction of sp³-hybridized carbons (Fsp3) is 0.429. The number of carbonyl (C=O) groups is 1. The largest absolute Gasteiger partial charge is 0.458 e. The number of benzene rings is 1. The average molecular weight is 329 g/mol. The maximum atomic E-state index is 13.5. The molecule has 2 aliphatic rings. The number of hydrogen-bond donors (Lipinski definition) is 0. The van der Waals surface area contributed by atoms with Crippen LogP contribution in [-0.2, 0) is 9.53 Å². The molecule has 2 aliphatic heterocycles. The zero-order valence-electron chi connectivity index (χ0n) is 11.8. The minimum absolute atomic E-state index is 0.100. The zero-order valence-corrected chi connectivity index (χ0v) is 13.4. The number of amidine groups is 1. The lowest BCUT2D eigenvalue weighted by Crippen LogP contribution is -2.34. The Kier molecular flexibility index (Phi) is 3.41. The van der Waals surface area contributed by atoms with Crippen molar-refractivity contribution in [3.05, 3.63) is 23.0 Å². The van der Waals surface area contributed by atoms with E-state index in [0.29, 0.717) is 16.6 Å². The molecule has 3 rings (SSSR count). The van der Waals surface area contributed by atoms with Crippen LogP contribution in [0.25, 0.3) is 0 Å². The Bertz CT molecular complexity index is 657. The number of ether oxygens (including phenoxy) is 1. The van der Waals surface area contributed by atoms with E-state index < -0.39 is 17.5 Å². The molecule has 0 spiro atoms. The van der Waals surface area contributed by atoms with Crippen LogP contribution >= 0.6 is 23.4 Å². The second-order valence-corrected chi connectivity index (χ2v) is 7.24. The molecule has 0 N–H and O–H groups in total. The molecular weight excluding hydrogens is 315 g/mol. The molecule has 0 bridgehead atoms. The molecule has 0 fully saturated rings. The molecule has 0 aromatic heterocycles. The number of fused-ring (bicyclic) bond motifs is 3. The van der Waals surface area contributed by atoms with Crippen molar-refractivity contribution in [2.45, 2.75) is 37.3 Å². The van der Waals surface area contributed by atoms with E-state index in [1.807, 2.05) is 25.7 Å². The van der Waals surface area contributed by atoms with Gasteiger partial charge in [0.25, 0.3) is 0 Å². The maximum absolute atomic E-state index is 13.5. The van der Waals surface area contributed by atoms with E-state index in [2.05, 4.69) is 4.99 Å². The molecular formula is C14H14ClFN2O2S. The molecule has 0 aliphatic carbocycles. The standard InChI is InChI=1S/C14H14ClFN2O2S/c1-14(2,3)20-12(19)8-6-18-9-5-4-7(16)10(15)11(9)21-13(18)17-8/h4-5,8H,6H2,1-3H3. The average Bonchev–Trinajstić information content (AvgIpc) is 2.89. The highest BCUT2D eigenvalue weighted by atomic mass is 35.5. The quantitative estimate of drug-likeness (QED) is 0.740. The van der Waals surface area contributed by atoms with E-state index in [1.54, 1.807) is 6.07 Å². The molecule has 112 valence electrons. The summed E-state index contributed by atoms with van der Waals surface area (Å²) in [5, 5.41) is 0.761. The molecule has 4 nitrogen and oxygen atoms in total. The summed E-state index contributed by atoms with van der Waals surface area (Å²) < 4.78 is 18.8. The molecule has 1 aromatic rings. The van der Waals surface area contributed by atoms with Crippen LogP contribution in [0.4, 0.5) is 10.1 Å². The van der Waals surface area contributed by atoms with Crippen molar-refractivity contribution >= 4 is 40.2 Å². The first-order valence-electron chi connectivity index (χ1n) is 6.50. The number of hydrogen-bond acceptors (Lipinski definition) is 5. The van der Waals surface area contributed by atoms with Gasteiger partial charge in [-0.2, -0.15) is 0 Å². The van der Waals surface area contributed by atoms with Crippen LogP contribution in [0.2, 0.25) is 5.02 Å². The van der Waals surface area contributed by atoms with Crippen LogP contribution in [0.5, 0.6) is 0 Å². The molecule has 21 heavy (non-hydrogen) atoms. The molecule has 1 aromatic carbocycles. The lowest BCUT2D eigenvalue weighted by atomic mass is 10.2. The third-order valence-electron chi connectivity index (χ3n) is 3.04. The Morgan fingerprint density at radius 1 is 1.52 bits per heavy atom. The molecule has 1 atom stereocenters. The smallest absolute Gasteiger partial charge is 0.333 e.